The van der Waals surface area contributed by atoms with Gasteiger partial charge in [-0.3, -0.25) is 14.4 Å². The Labute approximate surface area is 118 Å². The van der Waals surface area contributed by atoms with Gasteiger partial charge in [-0.05, 0) is 12.0 Å². The van der Waals surface area contributed by atoms with Gasteiger partial charge in [0.25, 0.3) is 0 Å². The SMILES string of the molecule is C=CCONC1CNC(CCC(N)=O)C=C1CC(N)=O. The van der Waals surface area contributed by atoms with Crippen molar-refractivity contribution in [1.29, 1.82) is 0 Å². The first kappa shape index (κ1) is 16.4. The highest BCUT2D eigenvalue weighted by Crippen LogP contribution is 2.16. The fourth-order valence-corrected chi connectivity index (χ4v) is 2.03. The van der Waals surface area contributed by atoms with E-state index in [1.165, 1.54) is 0 Å². The first-order chi connectivity index (χ1) is 9.52. The summed E-state index contributed by atoms with van der Waals surface area (Å²) in [5.74, 6) is -0.742. The zero-order chi connectivity index (χ0) is 15.0. The Morgan fingerprint density at radius 2 is 2.25 bits per heavy atom. The van der Waals surface area contributed by atoms with Gasteiger partial charge in [-0.25, -0.2) is 0 Å². The highest BCUT2D eigenvalue weighted by atomic mass is 16.6. The Balaban J connectivity index is 2.63. The zero-order valence-electron chi connectivity index (χ0n) is 11.4. The van der Waals surface area contributed by atoms with Crippen LogP contribution in [0.15, 0.2) is 24.3 Å². The standard InChI is InChI=1S/C13H22N4O3/c1-2-5-20-17-11-8-16-10(3-4-12(14)18)6-9(11)7-13(15)19/h2,6,10-11,16-17H,1,3-5,7-8H2,(H2,14,18)(H2,15,19). The fourth-order valence-electron chi connectivity index (χ4n) is 2.03. The van der Waals surface area contributed by atoms with Crippen LogP contribution in [-0.2, 0) is 14.4 Å². The second-order valence-electron chi connectivity index (χ2n) is 4.67. The van der Waals surface area contributed by atoms with Crippen molar-refractivity contribution in [2.24, 2.45) is 11.5 Å². The molecule has 0 spiro atoms. The van der Waals surface area contributed by atoms with Crippen molar-refractivity contribution in [2.45, 2.75) is 31.3 Å². The lowest BCUT2D eigenvalue weighted by Crippen LogP contribution is -2.48. The lowest BCUT2D eigenvalue weighted by Gasteiger charge is -2.30. The fraction of sp³-hybridized carbons (Fsp3) is 0.538. The summed E-state index contributed by atoms with van der Waals surface area (Å²) in [7, 11) is 0. The third kappa shape index (κ3) is 5.96. The zero-order valence-corrected chi connectivity index (χ0v) is 11.4. The Morgan fingerprint density at radius 1 is 1.50 bits per heavy atom. The van der Waals surface area contributed by atoms with E-state index in [0.29, 0.717) is 26.0 Å². The summed E-state index contributed by atoms with van der Waals surface area (Å²) in [6.07, 6.45) is 4.58. The molecular formula is C13H22N4O3. The predicted octanol–water partition coefficient (Wildman–Crippen LogP) is -0.899. The number of hydroxylamine groups is 1. The van der Waals surface area contributed by atoms with Gasteiger partial charge in [-0.1, -0.05) is 12.2 Å². The van der Waals surface area contributed by atoms with Crippen molar-refractivity contribution in [2.75, 3.05) is 13.2 Å². The van der Waals surface area contributed by atoms with E-state index in [4.69, 9.17) is 16.3 Å². The molecule has 0 saturated heterocycles. The largest absolute Gasteiger partial charge is 0.370 e. The first-order valence-electron chi connectivity index (χ1n) is 6.51. The average Bonchev–Trinajstić information content (AvgIpc) is 2.38. The van der Waals surface area contributed by atoms with Crippen LogP contribution in [0.5, 0.6) is 0 Å². The van der Waals surface area contributed by atoms with Crippen molar-refractivity contribution in [3.63, 3.8) is 0 Å². The van der Waals surface area contributed by atoms with Gasteiger partial charge in [0.2, 0.25) is 11.8 Å². The topological polar surface area (TPSA) is 119 Å². The molecule has 1 rings (SSSR count). The van der Waals surface area contributed by atoms with E-state index in [0.717, 1.165) is 5.57 Å². The van der Waals surface area contributed by atoms with Gasteiger partial charge in [-0.2, -0.15) is 5.48 Å². The molecule has 0 fully saturated rings. The molecular weight excluding hydrogens is 260 g/mol. The maximum absolute atomic E-state index is 11.1. The molecule has 0 saturated carbocycles. The van der Waals surface area contributed by atoms with Crippen LogP contribution in [0.2, 0.25) is 0 Å². The van der Waals surface area contributed by atoms with Crippen LogP contribution in [0, 0.1) is 0 Å². The minimum absolute atomic E-state index is 0.00862. The molecule has 2 atom stereocenters. The van der Waals surface area contributed by atoms with Crippen molar-refractivity contribution in [1.82, 2.24) is 10.8 Å². The third-order valence-corrected chi connectivity index (χ3v) is 2.95. The molecule has 0 radical (unpaired) electrons. The number of nitrogens with one attached hydrogen (secondary N) is 2. The molecule has 1 heterocycles. The number of rotatable bonds is 9. The minimum Gasteiger partial charge on any atom is -0.370 e. The number of amides is 2. The average molecular weight is 282 g/mol. The number of nitrogens with two attached hydrogens (primary N) is 2. The van der Waals surface area contributed by atoms with E-state index < -0.39 is 5.91 Å². The summed E-state index contributed by atoms with van der Waals surface area (Å²) < 4.78 is 0. The summed E-state index contributed by atoms with van der Waals surface area (Å²) in [5.41, 5.74) is 14.1. The summed E-state index contributed by atoms with van der Waals surface area (Å²) in [6, 6.07) is -0.124. The molecule has 1 aliphatic rings. The van der Waals surface area contributed by atoms with Crippen LogP contribution in [-0.4, -0.2) is 37.0 Å². The van der Waals surface area contributed by atoms with Crippen LogP contribution in [0.4, 0.5) is 0 Å². The van der Waals surface area contributed by atoms with E-state index in [9.17, 15) is 9.59 Å². The van der Waals surface area contributed by atoms with Crippen LogP contribution < -0.4 is 22.3 Å². The molecule has 2 amide bonds. The Bertz CT molecular complexity index is 395. The number of carbonyl (C=O) groups is 2. The van der Waals surface area contributed by atoms with Crippen molar-refractivity contribution in [3.8, 4) is 0 Å². The molecule has 6 N–H and O–H groups in total. The van der Waals surface area contributed by atoms with Gasteiger partial charge in [0.15, 0.2) is 0 Å². The summed E-state index contributed by atoms with van der Waals surface area (Å²) in [4.78, 5) is 27.1. The molecule has 0 aliphatic carbocycles. The first-order valence-corrected chi connectivity index (χ1v) is 6.51. The normalized spacial score (nSPS) is 22.1. The molecule has 0 bridgehead atoms. The van der Waals surface area contributed by atoms with Gasteiger partial charge < -0.3 is 16.8 Å². The molecule has 1 aliphatic heterocycles. The van der Waals surface area contributed by atoms with Crippen LogP contribution in [0.25, 0.3) is 0 Å². The van der Waals surface area contributed by atoms with Gasteiger partial charge in [-0.15, -0.1) is 6.58 Å². The minimum atomic E-state index is -0.401. The van der Waals surface area contributed by atoms with E-state index in [-0.39, 0.29) is 24.4 Å². The van der Waals surface area contributed by atoms with E-state index in [1.807, 2.05) is 6.08 Å². The predicted molar refractivity (Wildman–Crippen MR) is 75.2 cm³/mol. The summed E-state index contributed by atoms with van der Waals surface area (Å²) in [6.45, 7) is 4.50. The molecule has 0 aromatic rings. The van der Waals surface area contributed by atoms with Gasteiger partial charge in [0, 0.05) is 25.4 Å². The number of hydrogen-bond donors (Lipinski definition) is 4. The third-order valence-electron chi connectivity index (χ3n) is 2.95. The van der Waals surface area contributed by atoms with E-state index in [1.54, 1.807) is 6.08 Å². The maximum Gasteiger partial charge on any atom is 0.221 e. The Morgan fingerprint density at radius 3 is 2.85 bits per heavy atom. The lowest BCUT2D eigenvalue weighted by molar-refractivity contribution is -0.118. The van der Waals surface area contributed by atoms with Crippen molar-refractivity contribution < 1.29 is 14.4 Å². The summed E-state index contributed by atoms with van der Waals surface area (Å²) >= 11 is 0. The number of carbonyl (C=O) groups excluding carboxylic acids is 2. The quantitative estimate of drug-likeness (QED) is 0.248. The number of primary amides is 2. The van der Waals surface area contributed by atoms with Gasteiger partial charge >= 0.3 is 0 Å². The van der Waals surface area contributed by atoms with Gasteiger partial charge in [0.1, 0.15) is 0 Å². The highest BCUT2D eigenvalue weighted by molar-refractivity contribution is 5.77. The van der Waals surface area contributed by atoms with Gasteiger partial charge in [0.05, 0.1) is 12.6 Å². The smallest absolute Gasteiger partial charge is 0.221 e. The van der Waals surface area contributed by atoms with Crippen molar-refractivity contribution >= 4 is 11.8 Å². The van der Waals surface area contributed by atoms with Crippen LogP contribution in [0.1, 0.15) is 19.3 Å². The van der Waals surface area contributed by atoms with E-state index in [2.05, 4.69) is 17.4 Å². The number of hydrogen-bond acceptors (Lipinski definition) is 5. The Hall–Kier alpha value is -1.70. The van der Waals surface area contributed by atoms with E-state index >= 15 is 0 Å². The monoisotopic (exact) mass is 282 g/mol. The molecule has 7 nitrogen and oxygen atoms in total. The molecule has 112 valence electrons. The molecule has 2 unspecified atom stereocenters. The second-order valence-corrected chi connectivity index (χ2v) is 4.67. The van der Waals surface area contributed by atoms with Crippen LogP contribution >= 0.6 is 0 Å². The molecule has 20 heavy (non-hydrogen) atoms. The molecule has 7 heteroatoms. The lowest BCUT2D eigenvalue weighted by atomic mass is 9.95. The molecule has 0 aromatic heterocycles. The van der Waals surface area contributed by atoms with Crippen molar-refractivity contribution in [3.05, 3.63) is 24.3 Å². The molecule has 0 aromatic carbocycles. The maximum atomic E-state index is 11.1. The van der Waals surface area contributed by atoms with Crippen LogP contribution in [0.3, 0.4) is 0 Å². The summed E-state index contributed by atoms with van der Waals surface area (Å²) in [5, 5.41) is 3.25. The highest BCUT2D eigenvalue weighted by Gasteiger charge is 2.23. The second kappa shape index (κ2) is 8.47. The Kier molecular flexibility index (Phi) is 6.92.